The van der Waals surface area contributed by atoms with Crippen LogP contribution in [0.1, 0.15) is 12.2 Å². The van der Waals surface area contributed by atoms with Gasteiger partial charge in [-0.1, -0.05) is 0 Å². The first-order valence-electron chi connectivity index (χ1n) is 6.95. The number of amides is 1. The van der Waals surface area contributed by atoms with Crippen LogP contribution < -0.4 is 5.32 Å². The van der Waals surface area contributed by atoms with E-state index in [4.69, 9.17) is 5.26 Å². The van der Waals surface area contributed by atoms with Crippen LogP contribution in [0.15, 0.2) is 24.8 Å². The molecule has 8 heteroatoms. The number of hydrogen-bond donors (Lipinski definition) is 1. The molecule has 1 N–H and O–H groups in total. The number of nitrogens with zero attached hydrogens (tertiary/aromatic N) is 6. The zero-order chi connectivity index (χ0) is 15.5. The van der Waals surface area contributed by atoms with E-state index in [2.05, 4.69) is 26.5 Å². The van der Waals surface area contributed by atoms with Crippen molar-refractivity contribution in [1.82, 2.24) is 24.4 Å². The van der Waals surface area contributed by atoms with Gasteiger partial charge in [-0.3, -0.25) is 9.36 Å². The summed E-state index contributed by atoms with van der Waals surface area (Å²) in [6.45, 7) is 2.90. The SMILES string of the molecule is Cc1nccc(-n2cnc(NC(=O)[C@@H]3CCN(C#N)C3)c2)n1. The predicted molar refractivity (Wildman–Crippen MR) is 77.8 cm³/mol. The highest BCUT2D eigenvalue weighted by molar-refractivity contribution is 5.92. The molecule has 1 atom stereocenters. The smallest absolute Gasteiger partial charge is 0.230 e. The maximum absolute atomic E-state index is 12.2. The number of anilines is 1. The number of hydrogen-bond acceptors (Lipinski definition) is 6. The monoisotopic (exact) mass is 297 g/mol. The molecule has 3 heterocycles. The zero-order valence-electron chi connectivity index (χ0n) is 12.1. The summed E-state index contributed by atoms with van der Waals surface area (Å²) in [5.74, 6) is 1.54. The zero-order valence-corrected chi connectivity index (χ0v) is 12.1. The third-order valence-electron chi connectivity index (χ3n) is 3.56. The molecule has 112 valence electrons. The number of likely N-dealkylation sites (tertiary alicyclic amines) is 1. The second-order valence-electron chi connectivity index (χ2n) is 5.15. The van der Waals surface area contributed by atoms with E-state index < -0.39 is 0 Å². The predicted octanol–water partition coefficient (Wildman–Crippen LogP) is 0.712. The minimum absolute atomic E-state index is 0.109. The van der Waals surface area contributed by atoms with Crippen LogP contribution >= 0.6 is 0 Å². The molecule has 0 aliphatic carbocycles. The topological polar surface area (TPSA) is 99.7 Å². The molecular weight excluding hydrogens is 282 g/mol. The highest BCUT2D eigenvalue weighted by Crippen LogP contribution is 2.17. The van der Waals surface area contributed by atoms with Gasteiger partial charge in [0.2, 0.25) is 5.91 Å². The number of nitrogens with one attached hydrogen (secondary N) is 1. The average molecular weight is 297 g/mol. The van der Waals surface area contributed by atoms with Gasteiger partial charge in [-0.05, 0) is 19.4 Å². The van der Waals surface area contributed by atoms with E-state index in [-0.39, 0.29) is 11.8 Å². The largest absolute Gasteiger partial charge is 0.310 e. The molecule has 8 nitrogen and oxygen atoms in total. The Kier molecular flexibility index (Phi) is 3.70. The van der Waals surface area contributed by atoms with Crippen molar-refractivity contribution in [3.05, 3.63) is 30.6 Å². The number of imidazole rings is 1. The standard InChI is InChI=1S/C14H15N7O/c1-10-16-4-2-13(18-10)21-7-12(17-9-21)19-14(22)11-3-5-20(6-11)8-15/h2,4,7,9,11H,3,5-6H2,1H3,(H,19,22)/t11-/m1/s1. The van der Waals surface area contributed by atoms with Crippen molar-refractivity contribution in [1.29, 1.82) is 5.26 Å². The second-order valence-corrected chi connectivity index (χ2v) is 5.15. The molecule has 1 fully saturated rings. The van der Waals surface area contributed by atoms with Gasteiger partial charge in [0, 0.05) is 19.3 Å². The van der Waals surface area contributed by atoms with Gasteiger partial charge in [-0.2, -0.15) is 5.26 Å². The van der Waals surface area contributed by atoms with Crippen LogP contribution in [-0.2, 0) is 4.79 Å². The molecular formula is C14H15N7O. The van der Waals surface area contributed by atoms with Crippen molar-refractivity contribution in [2.45, 2.75) is 13.3 Å². The molecule has 0 saturated carbocycles. The fraction of sp³-hybridized carbons (Fsp3) is 0.357. The molecule has 1 amide bonds. The first-order chi connectivity index (χ1) is 10.7. The number of aromatic nitrogens is 4. The molecule has 0 unspecified atom stereocenters. The van der Waals surface area contributed by atoms with Crippen molar-refractivity contribution >= 4 is 11.7 Å². The van der Waals surface area contributed by atoms with Crippen molar-refractivity contribution in [3.8, 4) is 12.0 Å². The first-order valence-corrected chi connectivity index (χ1v) is 6.95. The molecule has 1 saturated heterocycles. The lowest BCUT2D eigenvalue weighted by molar-refractivity contribution is -0.119. The van der Waals surface area contributed by atoms with E-state index >= 15 is 0 Å². The summed E-state index contributed by atoms with van der Waals surface area (Å²) in [5.41, 5.74) is 0. The van der Waals surface area contributed by atoms with E-state index in [0.717, 1.165) is 0 Å². The van der Waals surface area contributed by atoms with Crippen LogP contribution in [0.3, 0.4) is 0 Å². The first kappa shape index (κ1) is 14.0. The van der Waals surface area contributed by atoms with Crippen LogP contribution in [0.25, 0.3) is 5.82 Å². The Balaban J connectivity index is 1.67. The Morgan fingerprint density at radius 3 is 3.09 bits per heavy atom. The Morgan fingerprint density at radius 2 is 2.36 bits per heavy atom. The molecule has 2 aromatic rings. The summed E-state index contributed by atoms with van der Waals surface area (Å²) < 4.78 is 1.72. The summed E-state index contributed by atoms with van der Waals surface area (Å²) in [6, 6.07) is 1.77. The highest BCUT2D eigenvalue weighted by Gasteiger charge is 2.28. The maximum Gasteiger partial charge on any atom is 0.230 e. The van der Waals surface area contributed by atoms with Crippen molar-refractivity contribution < 1.29 is 4.79 Å². The van der Waals surface area contributed by atoms with Crippen molar-refractivity contribution in [3.63, 3.8) is 0 Å². The molecule has 0 radical (unpaired) electrons. The molecule has 0 bridgehead atoms. The summed E-state index contributed by atoms with van der Waals surface area (Å²) >= 11 is 0. The number of aryl methyl sites for hydroxylation is 1. The summed E-state index contributed by atoms with van der Waals surface area (Å²) in [6.07, 6.45) is 7.72. The van der Waals surface area contributed by atoms with E-state index in [9.17, 15) is 4.79 Å². The lowest BCUT2D eigenvalue weighted by Gasteiger charge is -2.08. The van der Waals surface area contributed by atoms with E-state index in [1.165, 1.54) is 0 Å². The van der Waals surface area contributed by atoms with Gasteiger partial charge in [0.05, 0.1) is 12.1 Å². The van der Waals surface area contributed by atoms with Crippen molar-refractivity contribution in [2.24, 2.45) is 5.92 Å². The molecule has 22 heavy (non-hydrogen) atoms. The summed E-state index contributed by atoms with van der Waals surface area (Å²) in [7, 11) is 0. The Hall–Kier alpha value is -2.95. The number of carbonyl (C=O) groups excluding carboxylic acids is 1. The molecule has 1 aliphatic rings. The van der Waals surface area contributed by atoms with Gasteiger partial charge >= 0.3 is 0 Å². The third-order valence-corrected chi connectivity index (χ3v) is 3.56. The van der Waals surface area contributed by atoms with Crippen molar-refractivity contribution in [2.75, 3.05) is 18.4 Å². The molecule has 1 aliphatic heterocycles. The highest BCUT2D eigenvalue weighted by atomic mass is 16.2. The van der Waals surface area contributed by atoms with Gasteiger partial charge in [0.25, 0.3) is 0 Å². The van der Waals surface area contributed by atoms with Crippen LogP contribution in [0.2, 0.25) is 0 Å². The molecule has 2 aromatic heterocycles. The summed E-state index contributed by atoms with van der Waals surface area (Å²) in [5, 5.41) is 11.6. The fourth-order valence-corrected chi connectivity index (χ4v) is 2.39. The van der Waals surface area contributed by atoms with Crippen LogP contribution in [0, 0.1) is 24.3 Å². The maximum atomic E-state index is 12.2. The normalized spacial score (nSPS) is 17.3. The van der Waals surface area contributed by atoms with Gasteiger partial charge in [0.15, 0.2) is 12.0 Å². The molecule has 3 rings (SSSR count). The Labute approximate surface area is 127 Å². The van der Waals surface area contributed by atoms with E-state index in [1.807, 2.05) is 6.92 Å². The van der Waals surface area contributed by atoms with E-state index in [0.29, 0.717) is 37.0 Å². The van der Waals surface area contributed by atoms with E-state index in [1.54, 1.807) is 34.3 Å². The minimum atomic E-state index is -0.175. The van der Waals surface area contributed by atoms with Crippen LogP contribution in [-0.4, -0.2) is 43.4 Å². The quantitative estimate of drug-likeness (QED) is 0.838. The average Bonchev–Trinajstić information content (AvgIpc) is 3.16. The van der Waals surface area contributed by atoms with Gasteiger partial charge in [-0.15, -0.1) is 0 Å². The van der Waals surface area contributed by atoms with Crippen LogP contribution in [0.5, 0.6) is 0 Å². The third kappa shape index (κ3) is 2.88. The van der Waals surface area contributed by atoms with Gasteiger partial charge in [-0.25, -0.2) is 15.0 Å². The fourth-order valence-electron chi connectivity index (χ4n) is 2.39. The Bertz CT molecular complexity index is 733. The minimum Gasteiger partial charge on any atom is -0.310 e. The van der Waals surface area contributed by atoms with Gasteiger partial charge in [0.1, 0.15) is 18.0 Å². The summed E-state index contributed by atoms with van der Waals surface area (Å²) in [4.78, 5) is 26.2. The second kappa shape index (κ2) is 5.81. The number of carbonyl (C=O) groups is 1. The molecule has 0 spiro atoms. The van der Waals surface area contributed by atoms with Gasteiger partial charge < -0.3 is 10.2 Å². The molecule has 0 aromatic carbocycles. The van der Waals surface area contributed by atoms with Crippen LogP contribution in [0.4, 0.5) is 5.82 Å². The lowest BCUT2D eigenvalue weighted by atomic mass is 10.1. The number of nitriles is 1. The lowest BCUT2D eigenvalue weighted by Crippen LogP contribution is -2.25. The Morgan fingerprint density at radius 1 is 1.50 bits per heavy atom. The number of rotatable bonds is 3.